The van der Waals surface area contributed by atoms with Gasteiger partial charge in [-0.1, -0.05) is 38.3 Å². The molecule has 0 unspecified atom stereocenters. The van der Waals surface area contributed by atoms with Crippen molar-refractivity contribution in [3.8, 4) is 5.75 Å². The Balaban J connectivity index is 0.00000450. The van der Waals surface area contributed by atoms with Crippen LogP contribution in [0.4, 0.5) is 8.78 Å². The minimum absolute atomic E-state index is 0. The van der Waals surface area contributed by atoms with Crippen molar-refractivity contribution in [3.05, 3.63) is 47.5 Å². The van der Waals surface area contributed by atoms with E-state index in [-0.39, 0.29) is 36.3 Å². The van der Waals surface area contributed by atoms with Crippen molar-refractivity contribution in [1.82, 2.24) is 20.2 Å². The number of alkyl halides is 2. The highest BCUT2D eigenvalue weighted by atomic mass is 127. The first-order chi connectivity index (χ1) is 14.0. The van der Waals surface area contributed by atoms with Crippen LogP contribution in [0.3, 0.4) is 0 Å². The van der Waals surface area contributed by atoms with Crippen molar-refractivity contribution >= 4 is 29.9 Å². The first-order valence-electron chi connectivity index (χ1n) is 10.0. The molecule has 1 aromatic heterocycles. The lowest BCUT2D eigenvalue weighted by Crippen LogP contribution is -2.37. The van der Waals surface area contributed by atoms with Gasteiger partial charge in [0.25, 0.3) is 0 Å². The Morgan fingerprint density at radius 3 is 2.67 bits per heavy atom. The smallest absolute Gasteiger partial charge is 0.319 e. The first-order valence-corrected chi connectivity index (χ1v) is 10.0. The number of unbranched alkanes of at least 4 members (excludes halogenated alkanes) is 3. The number of aliphatic imine (C=N–C) groups is 1. The quantitative estimate of drug-likeness (QED) is 0.184. The molecule has 0 aliphatic heterocycles. The number of aromatic nitrogens is 2. The molecule has 0 amide bonds. The van der Waals surface area contributed by atoms with Gasteiger partial charge in [0.15, 0.2) is 5.96 Å². The molecule has 1 aromatic carbocycles. The number of aryl methyl sites for hydroxylation is 1. The van der Waals surface area contributed by atoms with E-state index in [9.17, 15) is 8.78 Å². The molecule has 0 bridgehead atoms. The number of imidazole rings is 1. The van der Waals surface area contributed by atoms with Crippen molar-refractivity contribution in [2.24, 2.45) is 4.99 Å². The summed E-state index contributed by atoms with van der Waals surface area (Å²) in [5, 5.41) is 6.22. The Kier molecular flexibility index (Phi) is 12.3. The van der Waals surface area contributed by atoms with E-state index < -0.39 is 6.55 Å². The lowest BCUT2D eigenvalue weighted by Gasteiger charge is -2.16. The maximum Gasteiger partial charge on any atom is 0.319 e. The average molecular weight is 535 g/mol. The molecule has 168 valence electrons. The normalized spacial score (nSPS) is 11.3. The fraction of sp³-hybridized carbons (Fsp3) is 0.524. The molecule has 0 saturated carbocycles. The maximum absolute atomic E-state index is 12.9. The van der Waals surface area contributed by atoms with Gasteiger partial charge < -0.3 is 15.4 Å². The highest BCUT2D eigenvalue weighted by Crippen LogP contribution is 2.21. The molecule has 0 spiro atoms. The third kappa shape index (κ3) is 8.45. The van der Waals surface area contributed by atoms with E-state index in [0.717, 1.165) is 27.9 Å². The Bertz CT molecular complexity index is 783. The van der Waals surface area contributed by atoms with Gasteiger partial charge in [-0.3, -0.25) is 9.56 Å². The van der Waals surface area contributed by atoms with Crippen LogP contribution in [0.2, 0.25) is 0 Å². The number of nitrogens with one attached hydrogen (secondary N) is 2. The van der Waals surface area contributed by atoms with Gasteiger partial charge in [-0.25, -0.2) is 4.98 Å². The summed E-state index contributed by atoms with van der Waals surface area (Å²) >= 11 is 0. The molecule has 0 atom stereocenters. The molecule has 9 heteroatoms. The minimum atomic E-state index is -2.62. The molecule has 0 aliphatic rings. The lowest BCUT2D eigenvalue weighted by atomic mass is 10.1. The van der Waals surface area contributed by atoms with Crippen LogP contribution in [-0.4, -0.2) is 29.2 Å². The largest absolute Gasteiger partial charge is 0.493 e. The van der Waals surface area contributed by atoms with Crippen LogP contribution in [0, 0.1) is 6.92 Å². The van der Waals surface area contributed by atoms with Crippen molar-refractivity contribution in [2.75, 3.05) is 13.7 Å². The molecule has 2 N–H and O–H groups in total. The fourth-order valence-electron chi connectivity index (χ4n) is 2.87. The average Bonchev–Trinajstić information content (AvgIpc) is 3.18. The van der Waals surface area contributed by atoms with Crippen LogP contribution < -0.4 is 15.4 Å². The Morgan fingerprint density at radius 2 is 1.97 bits per heavy atom. The highest BCUT2D eigenvalue weighted by Gasteiger charge is 2.12. The van der Waals surface area contributed by atoms with Gasteiger partial charge in [0, 0.05) is 31.5 Å². The summed E-state index contributed by atoms with van der Waals surface area (Å²) < 4.78 is 32.7. The van der Waals surface area contributed by atoms with Gasteiger partial charge >= 0.3 is 6.55 Å². The van der Waals surface area contributed by atoms with E-state index in [1.165, 1.54) is 31.7 Å². The first kappa shape index (κ1) is 26.1. The maximum atomic E-state index is 12.9. The van der Waals surface area contributed by atoms with Gasteiger partial charge in [-0.15, -0.1) is 24.0 Å². The monoisotopic (exact) mass is 535 g/mol. The van der Waals surface area contributed by atoms with Crippen LogP contribution in [0.1, 0.15) is 56.1 Å². The molecular weight excluding hydrogens is 503 g/mol. The summed E-state index contributed by atoms with van der Waals surface area (Å²) in [5.41, 5.74) is 2.15. The zero-order chi connectivity index (χ0) is 21.1. The van der Waals surface area contributed by atoms with Crippen LogP contribution in [0.5, 0.6) is 5.75 Å². The Labute approximate surface area is 194 Å². The van der Waals surface area contributed by atoms with E-state index in [0.29, 0.717) is 19.1 Å². The Hall–Kier alpha value is -1.91. The van der Waals surface area contributed by atoms with E-state index in [2.05, 4.69) is 27.5 Å². The molecule has 2 rings (SSSR count). The van der Waals surface area contributed by atoms with Crippen LogP contribution in [0.25, 0.3) is 0 Å². The van der Waals surface area contributed by atoms with E-state index >= 15 is 0 Å². The molecular formula is C21H32F2IN5O. The number of hydrogen-bond donors (Lipinski definition) is 2. The van der Waals surface area contributed by atoms with Crippen LogP contribution in [0.15, 0.2) is 35.6 Å². The predicted molar refractivity (Wildman–Crippen MR) is 127 cm³/mol. The molecule has 0 fully saturated rings. The number of halogens is 3. The zero-order valence-corrected chi connectivity index (χ0v) is 20.2. The fourth-order valence-corrected chi connectivity index (χ4v) is 2.87. The van der Waals surface area contributed by atoms with E-state index in [1.807, 2.05) is 25.1 Å². The summed E-state index contributed by atoms with van der Waals surface area (Å²) in [6.07, 6.45) is 7.24. The second-order valence-corrected chi connectivity index (χ2v) is 6.83. The van der Waals surface area contributed by atoms with Gasteiger partial charge in [0.2, 0.25) is 0 Å². The highest BCUT2D eigenvalue weighted by molar-refractivity contribution is 14.0. The van der Waals surface area contributed by atoms with Crippen molar-refractivity contribution in [1.29, 1.82) is 0 Å². The lowest BCUT2D eigenvalue weighted by molar-refractivity contribution is 0.0668. The second kappa shape index (κ2) is 14.2. The standard InChI is InChI=1S/C21H31F2N5O.HI/c1-4-5-6-7-12-29-18-13-16(2)8-9-17(18)14-26-21(24-3)27-15-19-25-10-11-28(19)20(22)23;/h8-11,13,20H,4-7,12,14-15H2,1-3H3,(H2,24,26,27);1H. The summed E-state index contributed by atoms with van der Waals surface area (Å²) in [4.78, 5) is 8.11. The topological polar surface area (TPSA) is 63.5 Å². The van der Waals surface area contributed by atoms with Crippen LogP contribution >= 0.6 is 24.0 Å². The summed E-state index contributed by atoms with van der Waals surface area (Å²) in [6.45, 7) is 2.95. The Morgan fingerprint density at radius 1 is 1.20 bits per heavy atom. The SMILES string of the molecule is CCCCCCOc1cc(C)ccc1CNC(=NC)NCc1nccn1C(F)F.I. The molecule has 0 saturated heterocycles. The summed E-state index contributed by atoms with van der Waals surface area (Å²) in [6, 6.07) is 6.10. The number of nitrogens with zero attached hydrogens (tertiary/aromatic N) is 3. The number of guanidine groups is 1. The van der Waals surface area contributed by atoms with Gasteiger partial charge in [0.1, 0.15) is 11.6 Å². The number of benzene rings is 1. The van der Waals surface area contributed by atoms with Gasteiger partial charge in [-0.05, 0) is 25.0 Å². The molecule has 30 heavy (non-hydrogen) atoms. The van der Waals surface area contributed by atoms with E-state index in [1.54, 1.807) is 7.05 Å². The van der Waals surface area contributed by atoms with Gasteiger partial charge in [0.05, 0.1) is 13.2 Å². The van der Waals surface area contributed by atoms with Crippen LogP contribution in [-0.2, 0) is 13.1 Å². The molecule has 0 radical (unpaired) electrons. The van der Waals surface area contributed by atoms with Gasteiger partial charge in [-0.2, -0.15) is 8.78 Å². The second-order valence-electron chi connectivity index (χ2n) is 6.83. The predicted octanol–water partition coefficient (Wildman–Crippen LogP) is 5.03. The van der Waals surface area contributed by atoms with Crippen molar-refractivity contribution < 1.29 is 13.5 Å². The third-order valence-corrected chi connectivity index (χ3v) is 4.52. The molecule has 1 heterocycles. The summed E-state index contributed by atoms with van der Waals surface area (Å²) in [5.74, 6) is 1.61. The summed E-state index contributed by atoms with van der Waals surface area (Å²) in [7, 11) is 1.63. The molecule has 6 nitrogen and oxygen atoms in total. The number of ether oxygens (including phenoxy) is 1. The van der Waals surface area contributed by atoms with Crippen molar-refractivity contribution in [3.63, 3.8) is 0 Å². The minimum Gasteiger partial charge on any atom is -0.493 e. The van der Waals surface area contributed by atoms with E-state index in [4.69, 9.17) is 4.74 Å². The van der Waals surface area contributed by atoms with Crippen molar-refractivity contribution in [2.45, 2.75) is 59.2 Å². The number of rotatable bonds is 11. The zero-order valence-electron chi connectivity index (χ0n) is 17.8. The number of hydrogen-bond acceptors (Lipinski definition) is 3. The third-order valence-electron chi connectivity index (χ3n) is 4.52. The molecule has 0 aliphatic carbocycles. The molecule has 2 aromatic rings.